The van der Waals surface area contributed by atoms with E-state index >= 15 is 0 Å². The lowest BCUT2D eigenvalue weighted by molar-refractivity contribution is 1.10. The Bertz CT molecular complexity index is 530. The molecule has 0 fully saturated rings. The average molecular weight is 276 g/mol. The molecular weight excluding hydrogens is 258 g/mol. The molecule has 3 nitrogen and oxygen atoms in total. The van der Waals surface area contributed by atoms with E-state index in [1.807, 2.05) is 27.1 Å². The third kappa shape index (κ3) is 3.38. The largest absolute Gasteiger partial charge is 0.378 e. The number of hydrogen-bond acceptors (Lipinski definition) is 3. The first kappa shape index (κ1) is 13.7. The van der Waals surface area contributed by atoms with E-state index in [1.54, 1.807) is 6.20 Å². The SMILES string of the molecule is Cc1ccnc(Cl)c1NCc1ccc(N(C)C)cc1. The van der Waals surface area contributed by atoms with Gasteiger partial charge in [-0.05, 0) is 36.2 Å². The molecule has 2 rings (SSSR count). The van der Waals surface area contributed by atoms with E-state index in [4.69, 9.17) is 11.6 Å². The molecule has 1 heterocycles. The quantitative estimate of drug-likeness (QED) is 0.862. The fourth-order valence-corrected chi connectivity index (χ4v) is 2.11. The van der Waals surface area contributed by atoms with Crippen molar-refractivity contribution >= 4 is 23.0 Å². The third-order valence-corrected chi connectivity index (χ3v) is 3.32. The van der Waals surface area contributed by atoms with Crippen LogP contribution in [0.2, 0.25) is 5.15 Å². The van der Waals surface area contributed by atoms with E-state index in [2.05, 4.69) is 39.5 Å². The number of hydrogen-bond donors (Lipinski definition) is 1. The van der Waals surface area contributed by atoms with Crippen LogP contribution in [0.25, 0.3) is 0 Å². The normalized spacial score (nSPS) is 10.3. The van der Waals surface area contributed by atoms with Crippen molar-refractivity contribution in [3.8, 4) is 0 Å². The van der Waals surface area contributed by atoms with Gasteiger partial charge in [0.15, 0.2) is 5.15 Å². The molecule has 0 unspecified atom stereocenters. The highest BCUT2D eigenvalue weighted by molar-refractivity contribution is 6.32. The van der Waals surface area contributed by atoms with Gasteiger partial charge in [-0.15, -0.1) is 0 Å². The van der Waals surface area contributed by atoms with Crippen LogP contribution in [0.4, 0.5) is 11.4 Å². The second-order valence-corrected chi connectivity index (χ2v) is 5.07. The van der Waals surface area contributed by atoms with E-state index in [0.717, 1.165) is 17.8 Å². The molecule has 0 aliphatic rings. The second-order valence-electron chi connectivity index (χ2n) is 4.71. The molecule has 0 saturated carbocycles. The molecule has 0 spiro atoms. The summed E-state index contributed by atoms with van der Waals surface area (Å²) in [7, 11) is 4.07. The highest BCUT2D eigenvalue weighted by Crippen LogP contribution is 2.23. The van der Waals surface area contributed by atoms with Gasteiger partial charge in [0.2, 0.25) is 0 Å². The average Bonchev–Trinajstić information content (AvgIpc) is 2.38. The summed E-state index contributed by atoms with van der Waals surface area (Å²) in [5, 5.41) is 3.86. The van der Waals surface area contributed by atoms with Crippen LogP contribution in [0.3, 0.4) is 0 Å². The van der Waals surface area contributed by atoms with E-state index in [9.17, 15) is 0 Å². The molecule has 0 aliphatic carbocycles. The molecule has 19 heavy (non-hydrogen) atoms. The van der Waals surface area contributed by atoms with Gasteiger partial charge in [0.05, 0.1) is 5.69 Å². The number of aromatic nitrogens is 1. The molecule has 100 valence electrons. The monoisotopic (exact) mass is 275 g/mol. The van der Waals surface area contributed by atoms with E-state index in [0.29, 0.717) is 5.15 Å². The van der Waals surface area contributed by atoms with Gasteiger partial charge in [0.25, 0.3) is 0 Å². The Morgan fingerprint density at radius 2 is 1.84 bits per heavy atom. The summed E-state index contributed by atoms with van der Waals surface area (Å²) in [5.74, 6) is 0. The number of nitrogens with zero attached hydrogens (tertiary/aromatic N) is 2. The predicted octanol–water partition coefficient (Wildman–Crippen LogP) is 3.72. The van der Waals surface area contributed by atoms with Gasteiger partial charge >= 0.3 is 0 Å². The first-order valence-electron chi connectivity index (χ1n) is 6.19. The summed E-state index contributed by atoms with van der Waals surface area (Å²) in [6.07, 6.45) is 1.72. The van der Waals surface area contributed by atoms with Crippen LogP contribution in [0.1, 0.15) is 11.1 Å². The first-order chi connectivity index (χ1) is 9.08. The molecule has 1 N–H and O–H groups in total. The van der Waals surface area contributed by atoms with Gasteiger partial charge in [-0.3, -0.25) is 0 Å². The van der Waals surface area contributed by atoms with Crippen molar-refractivity contribution in [3.63, 3.8) is 0 Å². The topological polar surface area (TPSA) is 28.2 Å². The van der Waals surface area contributed by atoms with Gasteiger partial charge < -0.3 is 10.2 Å². The number of nitrogens with one attached hydrogen (secondary N) is 1. The Morgan fingerprint density at radius 1 is 1.16 bits per heavy atom. The number of benzene rings is 1. The molecule has 2 aromatic rings. The second kappa shape index (κ2) is 5.93. The third-order valence-electron chi connectivity index (χ3n) is 3.04. The standard InChI is InChI=1S/C15H18ClN3/c1-11-8-9-17-15(16)14(11)18-10-12-4-6-13(7-5-12)19(2)3/h4-9,18H,10H2,1-3H3. The fraction of sp³-hybridized carbons (Fsp3) is 0.267. The summed E-state index contributed by atoms with van der Waals surface area (Å²) in [5.41, 5.74) is 4.41. The first-order valence-corrected chi connectivity index (χ1v) is 6.57. The zero-order valence-electron chi connectivity index (χ0n) is 11.4. The Balaban J connectivity index is 2.06. The van der Waals surface area contributed by atoms with Crippen molar-refractivity contribution in [3.05, 3.63) is 52.8 Å². The molecule has 4 heteroatoms. The summed E-state index contributed by atoms with van der Waals surface area (Å²) < 4.78 is 0. The van der Waals surface area contributed by atoms with E-state index < -0.39 is 0 Å². The maximum absolute atomic E-state index is 6.08. The summed E-state index contributed by atoms with van der Waals surface area (Å²) in [4.78, 5) is 6.17. The lowest BCUT2D eigenvalue weighted by Gasteiger charge is -2.14. The minimum absolute atomic E-state index is 0.518. The van der Waals surface area contributed by atoms with Gasteiger partial charge in [0.1, 0.15) is 0 Å². The van der Waals surface area contributed by atoms with Gasteiger partial charge in [-0.2, -0.15) is 0 Å². The predicted molar refractivity (Wildman–Crippen MR) is 82.1 cm³/mol. The van der Waals surface area contributed by atoms with Crippen molar-refractivity contribution in [1.29, 1.82) is 0 Å². The maximum Gasteiger partial charge on any atom is 0.152 e. The number of halogens is 1. The van der Waals surface area contributed by atoms with Crippen molar-refractivity contribution in [2.45, 2.75) is 13.5 Å². The number of anilines is 2. The van der Waals surface area contributed by atoms with Crippen LogP contribution in [0.15, 0.2) is 36.5 Å². The number of aryl methyl sites for hydroxylation is 1. The summed E-state index contributed by atoms with van der Waals surface area (Å²) in [6.45, 7) is 2.75. The molecular formula is C15H18ClN3. The Labute approximate surface area is 119 Å². The highest BCUT2D eigenvalue weighted by Gasteiger charge is 2.04. The fourth-order valence-electron chi connectivity index (χ4n) is 1.84. The zero-order chi connectivity index (χ0) is 13.8. The van der Waals surface area contributed by atoms with Crippen molar-refractivity contribution in [2.24, 2.45) is 0 Å². The summed E-state index contributed by atoms with van der Waals surface area (Å²) in [6, 6.07) is 10.4. The van der Waals surface area contributed by atoms with Gasteiger partial charge in [0, 0.05) is 32.5 Å². The lowest BCUT2D eigenvalue weighted by atomic mass is 10.2. The molecule has 0 saturated heterocycles. The van der Waals surface area contributed by atoms with Gasteiger partial charge in [-0.1, -0.05) is 23.7 Å². The van der Waals surface area contributed by atoms with Crippen LogP contribution >= 0.6 is 11.6 Å². The highest BCUT2D eigenvalue weighted by atomic mass is 35.5. The van der Waals surface area contributed by atoms with Crippen LogP contribution < -0.4 is 10.2 Å². The Hall–Kier alpha value is -1.74. The minimum atomic E-state index is 0.518. The van der Waals surface area contributed by atoms with Gasteiger partial charge in [-0.25, -0.2) is 4.98 Å². The van der Waals surface area contributed by atoms with E-state index in [1.165, 1.54) is 11.3 Å². The molecule has 0 bridgehead atoms. The van der Waals surface area contributed by atoms with Crippen LogP contribution in [-0.4, -0.2) is 19.1 Å². The maximum atomic E-state index is 6.08. The number of rotatable bonds is 4. The van der Waals surface area contributed by atoms with Crippen LogP contribution in [0.5, 0.6) is 0 Å². The van der Waals surface area contributed by atoms with Crippen molar-refractivity contribution < 1.29 is 0 Å². The molecule has 0 amide bonds. The molecule has 0 radical (unpaired) electrons. The smallest absolute Gasteiger partial charge is 0.152 e. The van der Waals surface area contributed by atoms with Crippen LogP contribution in [-0.2, 0) is 6.54 Å². The summed E-state index contributed by atoms with van der Waals surface area (Å²) >= 11 is 6.08. The van der Waals surface area contributed by atoms with Crippen molar-refractivity contribution in [1.82, 2.24) is 4.98 Å². The molecule has 1 aromatic heterocycles. The zero-order valence-corrected chi connectivity index (χ0v) is 12.2. The molecule has 0 atom stereocenters. The molecule has 1 aromatic carbocycles. The lowest BCUT2D eigenvalue weighted by Crippen LogP contribution is -2.08. The van der Waals surface area contributed by atoms with Crippen molar-refractivity contribution in [2.75, 3.05) is 24.3 Å². The van der Waals surface area contributed by atoms with E-state index in [-0.39, 0.29) is 0 Å². The Kier molecular flexibility index (Phi) is 4.27. The number of pyridine rings is 1. The molecule has 0 aliphatic heterocycles. The minimum Gasteiger partial charge on any atom is -0.378 e. The van der Waals surface area contributed by atoms with Crippen LogP contribution in [0, 0.1) is 6.92 Å². The Morgan fingerprint density at radius 3 is 2.42 bits per heavy atom.